The third-order valence-corrected chi connectivity index (χ3v) is 3.33. The summed E-state index contributed by atoms with van der Waals surface area (Å²) in [6.45, 7) is 0.213. The fourth-order valence-corrected chi connectivity index (χ4v) is 2.26. The molecule has 0 saturated heterocycles. The molecule has 2 aromatic rings. The Morgan fingerprint density at radius 3 is 2.14 bits per heavy atom. The van der Waals surface area contributed by atoms with E-state index in [4.69, 9.17) is 25.4 Å². The van der Waals surface area contributed by atoms with Crippen molar-refractivity contribution in [1.82, 2.24) is 0 Å². The summed E-state index contributed by atoms with van der Waals surface area (Å²) in [6, 6.07) is 9.31. The number of hydrogen-bond donors (Lipinski definition) is 0. The van der Waals surface area contributed by atoms with Crippen LogP contribution in [0.2, 0.25) is 0 Å². The van der Waals surface area contributed by atoms with Crippen LogP contribution in [0.15, 0.2) is 30.3 Å². The SMILES string of the molecule is C#Cc1cc2c(cc1-c1cc(OC)cc(OC)c1)OCO2. The minimum Gasteiger partial charge on any atom is -0.497 e. The second-order valence-corrected chi connectivity index (χ2v) is 4.50. The number of methoxy groups -OCH3 is 2. The molecule has 0 aliphatic carbocycles. The number of ether oxygens (including phenoxy) is 4. The molecule has 1 heterocycles. The molecule has 1 aliphatic rings. The molecule has 0 unspecified atom stereocenters. The van der Waals surface area contributed by atoms with E-state index in [9.17, 15) is 0 Å². The van der Waals surface area contributed by atoms with Crippen LogP contribution >= 0.6 is 0 Å². The van der Waals surface area contributed by atoms with Crippen molar-refractivity contribution in [3.63, 3.8) is 0 Å². The first-order chi connectivity index (χ1) is 10.2. The Morgan fingerprint density at radius 2 is 1.57 bits per heavy atom. The molecule has 3 rings (SSSR count). The molecule has 0 bridgehead atoms. The predicted molar refractivity (Wildman–Crippen MR) is 79.0 cm³/mol. The third-order valence-electron chi connectivity index (χ3n) is 3.33. The van der Waals surface area contributed by atoms with Gasteiger partial charge in [-0.3, -0.25) is 0 Å². The summed E-state index contributed by atoms with van der Waals surface area (Å²) in [6.07, 6.45) is 5.61. The van der Waals surface area contributed by atoms with Crippen LogP contribution in [0, 0.1) is 12.3 Å². The lowest BCUT2D eigenvalue weighted by atomic mass is 9.98. The van der Waals surface area contributed by atoms with E-state index < -0.39 is 0 Å². The van der Waals surface area contributed by atoms with E-state index in [1.165, 1.54) is 0 Å². The highest BCUT2D eigenvalue weighted by Gasteiger charge is 2.18. The Morgan fingerprint density at radius 1 is 0.952 bits per heavy atom. The van der Waals surface area contributed by atoms with Crippen LogP contribution in [0.1, 0.15) is 5.56 Å². The van der Waals surface area contributed by atoms with E-state index in [2.05, 4.69) is 5.92 Å². The number of fused-ring (bicyclic) bond motifs is 1. The van der Waals surface area contributed by atoms with Crippen LogP contribution < -0.4 is 18.9 Å². The van der Waals surface area contributed by atoms with Crippen molar-refractivity contribution in [2.24, 2.45) is 0 Å². The van der Waals surface area contributed by atoms with Crippen molar-refractivity contribution >= 4 is 0 Å². The summed E-state index contributed by atoms with van der Waals surface area (Å²) in [4.78, 5) is 0. The standard InChI is InChI=1S/C17H14O4/c1-4-11-7-16-17(21-10-20-16)9-15(11)12-5-13(18-2)8-14(6-12)19-3/h1,5-9H,10H2,2-3H3. The van der Waals surface area contributed by atoms with E-state index in [-0.39, 0.29) is 6.79 Å². The fourth-order valence-electron chi connectivity index (χ4n) is 2.26. The Kier molecular flexibility index (Phi) is 3.33. The Hall–Kier alpha value is -2.80. The lowest BCUT2D eigenvalue weighted by molar-refractivity contribution is 0.174. The molecule has 0 atom stereocenters. The van der Waals surface area contributed by atoms with E-state index in [1.54, 1.807) is 14.2 Å². The quantitative estimate of drug-likeness (QED) is 0.811. The average Bonchev–Trinajstić information content (AvgIpc) is 3.00. The summed E-state index contributed by atoms with van der Waals surface area (Å²) >= 11 is 0. The number of benzene rings is 2. The maximum atomic E-state index is 5.61. The van der Waals surface area contributed by atoms with Gasteiger partial charge in [-0.1, -0.05) is 5.92 Å². The van der Waals surface area contributed by atoms with E-state index in [1.807, 2.05) is 30.3 Å². The topological polar surface area (TPSA) is 36.9 Å². The molecule has 2 aromatic carbocycles. The Labute approximate surface area is 123 Å². The van der Waals surface area contributed by atoms with Gasteiger partial charge in [-0.15, -0.1) is 6.42 Å². The fraction of sp³-hybridized carbons (Fsp3) is 0.176. The van der Waals surface area contributed by atoms with Gasteiger partial charge in [0.2, 0.25) is 6.79 Å². The van der Waals surface area contributed by atoms with Crippen LogP contribution in [-0.4, -0.2) is 21.0 Å². The summed E-state index contributed by atoms with van der Waals surface area (Å²) in [5, 5.41) is 0. The molecule has 1 aliphatic heterocycles. The second kappa shape index (κ2) is 5.29. The van der Waals surface area contributed by atoms with Gasteiger partial charge in [-0.05, 0) is 23.8 Å². The lowest BCUT2D eigenvalue weighted by Crippen LogP contribution is -1.92. The number of terminal acetylenes is 1. The minimum absolute atomic E-state index is 0.213. The van der Waals surface area contributed by atoms with Gasteiger partial charge < -0.3 is 18.9 Å². The van der Waals surface area contributed by atoms with Crippen molar-refractivity contribution in [1.29, 1.82) is 0 Å². The van der Waals surface area contributed by atoms with Gasteiger partial charge in [0, 0.05) is 23.3 Å². The van der Waals surface area contributed by atoms with Gasteiger partial charge in [0.1, 0.15) is 11.5 Å². The lowest BCUT2D eigenvalue weighted by Gasteiger charge is -2.11. The molecule has 106 valence electrons. The van der Waals surface area contributed by atoms with Gasteiger partial charge >= 0.3 is 0 Å². The molecule has 0 fully saturated rings. The van der Waals surface area contributed by atoms with Gasteiger partial charge in [0.15, 0.2) is 11.5 Å². The first kappa shape index (κ1) is 13.2. The van der Waals surface area contributed by atoms with E-state index >= 15 is 0 Å². The van der Waals surface area contributed by atoms with Gasteiger partial charge in [0.05, 0.1) is 14.2 Å². The molecule has 0 amide bonds. The molecular formula is C17H14O4. The zero-order valence-corrected chi connectivity index (χ0v) is 11.8. The highest BCUT2D eigenvalue weighted by molar-refractivity contribution is 5.76. The summed E-state index contributed by atoms with van der Waals surface area (Å²) in [7, 11) is 3.22. The summed E-state index contributed by atoms with van der Waals surface area (Å²) in [5.41, 5.74) is 2.51. The van der Waals surface area contributed by atoms with Crippen molar-refractivity contribution in [2.45, 2.75) is 0 Å². The zero-order valence-electron chi connectivity index (χ0n) is 11.8. The minimum atomic E-state index is 0.213. The van der Waals surface area contributed by atoms with Gasteiger partial charge in [0.25, 0.3) is 0 Å². The first-order valence-electron chi connectivity index (χ1n) is 6.39. The summed E-state index contributed by atoms with van der Waals surface area (Å²) in [5.74, 6) is 5.43. The monoisotopic (exact) mass is 282 g/mol. The van der Waals surface area contributed by atoms with E-state index in [0.717, 1.165) is 16.7 Å². The predicted octanol–water partition coefficient (Wildman–Crippen LogP) is 3.08. The number of hydrogen-bond acceptors (Lipinski definition) is 4. The largest absolute Gasteiger partial charge is 0.497 e. The molecule has 4 nitrogen and oxygen atoms in total. The maximum Gasteiger partial charge on any atom is 0.231 e. The van der Waals surface area contributed by atoms with Crippen molar-refractivity contribution in [3.05, 3.63) is 35.9 Å². The zero-order chi connectivity index (χ0) is 14.8. The number of rotatable bonds is 3. The smallest absolute Gasteiger partial charge is 0.231 e. The van der Waals surface area contributed by atoms with Crippen molar-refractivity contribution in [2.75, 3.05) is 21.0 Å². The molecule has 0 saturated carbocycles. The Balaban J connectivity index is 2.18. The van der Waals surface area contributed by atoms with Crippen LogP contribution in [-0.2, 0) is 0 Å². The van der Waals surface area contributed by atoms with Gasteiger partial charge in [-0.2, -0.15) is 0 Å². The normalized spacial score (nSPS) is 11.9. The molecule has 0 radical (unpaired) electrons. The molecule has 4 heteroatoms. The van der Waals surface area contributed by atoms with Crippen LogP contribution in [0.3, 0.4) is 0 Å². The maximum absolute atomic E-state index is 5.61. The van der Waals surface area contributed by atoms with Crippen molar-refractivity contribution < 1.29 is 18.9 Å². The average molecular weight is 282 g/mol. The summed E-state index contributed by atoms with van der Waals surface area (Å²) < 4.78 is 21.4. The van der Waals surface area contributed by atoms with E-state index in [0.29, 0.717) is 23.0 Å². The van der Waals surface area contributed by atoms with Crippen molar-refractivity contribution in [3.8, 4) is 46.5 Å². The van der Waals surface area contributed by atoms with Crippen LogP contribution in [0.25, 0.3) is 11.1 Å². The molecule has 0 spiro atoms. The van der Waals surface area contributed by atoms with Crippen LogP contribution in [0.5, 0.6) is 23.0 Å². The molecule has 0 aromatic heterocycles. The van der Waals surface area contributed by atoms with Gasteiger partial charge in [-0.25, -0.2) is 0 Å². The molecule has 21 heavy (non-hydrogen) atoms. The van der Waals surface area contributed by atoms with Crippen LogP contribution in [0.4, 0.5) is 0 Å². The highest BCUT2D eigenvalue weighted by atomic mass is 16.7. The first-order valence-corrected chi connectivity index (χ1v) is 6.39. The molecule has 0 N–H and O–H groups in total. The second-order valence-electron chi connectivity index (χ2n) is 4.50. The highest BCUT2D eigenvalue weighted by Crippen LogP contribution is 2.40. The third kappa shape index (κ3) is 2.34. The molecular weight excluding hydrogens is 268 g/mol. The Bertz CT molecular complexity index is 706.